The first-order chi connectivity index (χ1) is 16.7. The summed E-state index contributed by atoms with van der Waals surface area (Å²) in [5.41, 5.74) is 12.2. The summed E-state index contributed by atoms with van der Waals surface area (Å²) in [6, 6.07) is 6.28. The summed E-state index contributed by atoms with van der Waals surface area (Å²) >= 11 is 6.27. The molecule has 6 N–H and O–H groups in total. The van der Waals surface area contributed by atoms with E-state index in [-0.39, 0.29) is 23.7 Å². The van der Waals surface area contributed by atoms with Crippen LogP contribution in [0.25, 0.3) is 10.9 Å². The predicted octanol–water partition coefficient (Wildman–Crippen LogP) is 1.94. The Labute approximate surface area is 207 Å². The van der Waals surface area contributed by atoms with Crippen molar-refractivity contribution in [2.24, 2.45) is 34.6 Å². The Hall–Kier alpha value is -3.07. The maximum atomic E-state index is 13.5. The molecule has 3 unspecified atom stereocenters. The van der Waals surface area contributed by atoms with Gasteiger partial charge in [0.2, 0.25) is 17.7 Å². The molecule has 1 aromatic heterocycles. The van der Waals surface area contributed by atoms with Crippen molar-refractivity contribution in [2.45, 2.75) is 44.6 Å². The monoisotopic (exact) mass is 499 g/mol. The summed E-state index contributed by atoms with van der Waals surface area (Å²) in [6.45, 7) is 0.966. The number of hydrogen-bond donors (Lipinski definition) is 4. The molecule has 5 rings (SSSR count). The number of fused-ring (bicyclic) bond motifs is 1. The van der Waals surface area contributed by atoms with E-state index < -0.39 is 29.2 Å². The van der Waals surface area contributed by atoms with Gasteiger partial charge in [0.25, 0.3) is 5.91 Å². The first-order valence-corrected chi connectivity index (χ1v) is 12.5. The van der Waals surface area contributed by atoms with E-state index >= 15 is 0 Å². The van der Waals surface area contributed by atoms with Crippen LogP contribution < -0.4 is 16.8 Å². The highest BCUT2D eigenvalue weighted by atomic mass is 35.5. The van der Waals surface area contributed by atoms with Crippen LogP contribution in [-0.4, -0.2) is 52.6 Å². The summed E-state index contributed by atoms with van der Waals surface area (Å²) in [5, 5.41) is 4.12. The number of rotatable bonds is 6. The molecule has 0 bridgehead atoms. The Morgan fingerprint density at radius 3 is 2.66 bits per heavy atom. The summed E-state index contributed by atoms with van der Waals surface area (Å²) < 4.78 is 0. The van der Waals surface area contributed by atoms with Crippen LogP contribution in [0.4, 0.5) is 0 Å². The molecule has 186 valence electrons. The van der Waals surface area contributed by atoms with Crippen LogP contribution in [0.1, 0.15) is 49.0 Å². The highest BCUT2D eigenvalue weighted by Gasteiger charge is 2.59. The SMILES string of the molecule is NC(=O)C1CC2(CCC2[C@H](C[C@@H]2CCCNC2=O)C(N)=O)CN1C(=O)c1cc2c(Cl)cccc2[nH]1. The van der Waals surface area contributed by atoms with E-state index in [1.54, 1.807) is 18.2 Å². The maximum absolute atomic E-state index is 13.5. The van der Waals surface area contributed by atoms with Gasteiger partial charge in [-0.2, -0.15) is 0 Å². The second-order valence-electron chi connectivity index (χ2n) is 10.3. The molecule has 35 heavy (non-hydrogen) atoms. The van der Waals surface area contributed by atoms with E-state index in [4.69, 9.17) is 23.1 Å². The summed E-state index contributed by atoms with van der Waals surface area (Å²) in [7, 11) is 0. The fourth-order valence-corrected chi connectivity index (χ4v) is 6.74. The lowest BCUT2D eigenvalue weighted by molar-refractivity contribution is -0.133. The molecular formula is C25H30ClN5O4. The van der Waals surface area contributed by atoms with Crippen LogP contribution in [0.5, 0.6) is 0 Å². The van der Waals surface area contributed by atoms with Crippen molar-refractivity contribution in [1.82, 2.24) is 15.2 Å². The largest absolute Gasteiger partial charge is 0.369 e. The number of carbonyl (C=O) groups is 4. The fraction of sp³-hybridized carbons (Fsp3) is 0.520. The summed E-state index contributed by atoms with van der Waals surface area (Å²) in [6.07, 6.45) is 3.91. The van der Waals surface area contributed by atoms with Crippen molar-refractivity contribution in [3.8, 4) is 0 Å². The van der Waals surface area contributed by atoms with Crippen LogP contribution >= 0.6 is 11.6 Å². The Morgan fingerprint density at radius 1 is 1.23 bits per heavy atom. The number of nitrogens with zero attached hydrogens (tertiary/aromatic N) is 1. The van der Waals surface area contributed by atoms with Crippen molar-refractivity contribution in [1.29, 1.82) is 0 Å². The van der Waals surface area contributed by atoms with Gasteiger partial charge in [0, 0.05) is 40.9 Å². The van der Waals surface area contributed by atoms with Gasteiger partial charge in [-0.15, -0.1) is 0 Å². The first-order valence-electron chi connectivity index (χ1n) is 12.1. The second kappa shape index (κ2) is 8.86. The summed E-state index contributed by atoms with van der Waals surface area (Å²) in [4.78, 5) is 55.5. The number of aromatic nitrogens is 1. The molecule has 3 heterocycles. The number of amides is 4. The predicted molar refractivity (Wildman–Crippen MR) is 130 cm³/mol. The minimum Gasteiger partial charge on any atom is -0.369 e. The molecule has 5 atom stereocenters. The lowest BCUT2D eigenvalue weighted by Crippen LogP contribution is -2.51. The number of aromatic amines is 1. The van der Waals surface area contributed by atoms with Crippen LogP contribution in [0, 0.1) is 23.2 Å². The van der Waals surface area contributed by atoms with E-state index in [0.717, 1.165) is 36.6 Å². The Balaban J connectivity index is 1.40. The number of primary amides is 2. The fourth-order valence-electron chi connectivity index (χ4n) is 6.51. The lowest BCUT2D eigenvalue weighted by atomic mass is 9.53. The molecule has 1 spiro atoms. The van der Waals surface area contributed by atoms with E-state index in [1.807, 2.05) is 6.07 Å². The average molecular weight is 500 g/mol. The Kier molecular flexibility index (Phi) is 5.99. The number of halogens is 1. The molecule has 3 fully saturated rings. The molecule has 3 aliphatic rings. The quantitative estimate of drug-likeness (QED) is 0.480. The number of nitrogens with one attached hydrogen (secondary N) is 2. The molecule has 1 aliphatic carbocycles. The third kappa shape index (κ3) is 4.05. The molecule has 10 heteroatoms. The molecule has 9 nitrogen and oxygen atoms in total. The van der Waals surface area contributed by atoms with Gasteiger partial charge in [-0.25, -0.2) is 0 Å². The van der Waals surface area contributed by atoms with E-state index in [1.165, 1.54) is 4.90 Å². The normalized spacial score (nSPS) is 29.1. The van der Waals surface area contributed by atoms with E-state index in [2.05, 4.69) is 10.3 Å². The van der Waals surface area contributed by atoms with Gasteiger partial charge in [0.05, 0.1) is 0 Å². The van der Waals surface area contributed by atoms with Crippen LogP contribution in [0.2, 0.25) is 5.02 Å². The number of hydrogen-bond acceptors (Lipinski definition) is 4. The zero-order chi connectivity index (χ0) is 24.9. The third-order valence-corrected chi connectivity index (χ3v) is 8.75. The average Bonchev–Trinajstić information content (AvgIpc) is 3.43. The minimum atomic E-state index is -0.779. The lowest BCUT2D eigenvalue weighted by Gasteiger charge is -2.50. The van der Waals surface area contributed by atoms with Crippen LogP contribution in [0.15, 0.2) is 24.3 Å². The van der Waals surface area contributed by atoms with Crippen molar-refractivity contribution in [3.63, 3.8) is 0 Å². The van der Waals surface area contributed by atoms with Crippen molar-refractivity contribution >= 4 is 46.1 Å². The number of piperidine rings is 1. The molecular weight excluding hydrogens is 470 g/mol. The van der Waals surface area contributed by atoms with Gasteiger partial charge >= 0.3 is 0 Å². The number of carbonyl (C=O) groups excluding carboxylic acids is 4. The second-order valence-corrected chi connectivity index (χ2v) is 10.7. The van der Waals surface area contributed by atoms with Gasteiger partial charge < -0.3 is 26.7 Å². The molecule has 0 radical (unpaired) electrons. The van der Waals surface area contributed by atoms with Crippen molar-refractivity contribution < 1.29 is 19.2 Å². The summed E-state index contributed by atoms with van der Waals surface area (Å²) in [5.74, 6) is -2.21. The topological polar surface area (TPSA) is 151 Å². The number of nitrogens with two attached hydrogens (primary N) is 2. The maximum Gasteiger partial charge on any atom is 0.271 e. The van der Waals surface area contributed by atoms with E-state index in [0.29, 0.717) is 36.6 Å². The molecule has 2 saturated heterocycles. The highest BCUT2D eigenvalue weighted by Crippen LogP contribution is 2.58. The molecule has 1 saturated carbocycles. The van der Waals surface area contributed by atoms with Crippen molar-refractivity contribution in [2.75, 3.05) is 13.1 Å². The number of likely N-dealkylation sites (tertiary alicyclic amines) is 1. The molecule has 2 aromatic rings. The Morgan fingerprint density at radius 2 is 2.03 bits per heavy atom. The number of H-pyrrole nitrogens is 1. The van der Waals surface area contributed by atoms with Gasteiger partial charge in [-0.3, -0.25) is 19.2 Å². The standard InChI is InChI=1S/C25H30ClN5O4/c26-17-4-1-5-18-15(17)10-19(30-18)24(35)31-12-25(11-20(31)22(28)33)7-6-16(25)14(21(27)32)9-13-3-2-8-29-23(13)34/h1,4-5,10,13-14,16,20,30H,2-3,6-9,11-12H2,(H2,27,32)(H2,28,33)(H,29,34)/t13-,14-,16?,20?,25?/m0/s1. The molecule has 1 aromatic carbocycles. The zero-order valence-corrected chi connectivity index (χ0v) is 20.1. The van der Waals surface area contributed by atoms with Gasteiger partial charge in [-0.1, -0.05) is 17.7 Å². The van der Waals surface area contributed by atoms with Gasteiger partial charge in [0.15, 0.2) is 0 Å². The first kappa shape index (κ1) is 23.7. The third-order valence-electron chi connectivity index (χ3n) is 8.42. The molecule has 4 amide bonds. The highest BCUT2D eigenvalue weighted by molar-refractivity contribution is 6.35. The van der Waals surface area contributed by atoms with Gasteiger partial charge in [0.1, 0.15) is 11.7 Å². The van der Waals surface area contributed by atoms with Crippen LogP contribution in [0.3, 0.4) is 0 Å². The smallest absolute Gasteiger partial charge is 0.271 e. The van der Waals surface area contributed by atoms with Crippen molar-refractivity contribution in [3.05, 3.63) is 35.0 Å². The molecule has 2 aliphatic heterocycles. The minimum absolute atomic E-state index is 0.0356. The zero-order valence-electron chi connectivity index (χ0n) is 19.4. The Bertz CT molecular complexity index is 1210. The van der Waals surface area contributed by atoms with Gasteiger partial charge in [-0.05, 0) is 68.1 Å². The van der Waals surface area contributed by atoms with E-state index in [9.17, 15) is 19.2 Å². The van der Waals surface area contributed by atoms with Crippen LogP contribution in [-0.2, 0) is 14.4 Å². The number of benzene rings is 1.